The molecular weight excluding hydrogens is 280 g/mol. The summed E-state index contributed by atoms with van der Waals surface area (Å²) >= 11 is 0. The van der Waals surface area contributed by atoms with Crippen LogP contribution >= 0.6 is 0 Å². The average molecular weight is 298 g/mol. The number of amides is 1. The Morgan fingerprint density at radius 2 is 1.86 bits per heavy atom. The van der Waals surface area contributed by atoms with Crippen molar-refractivity contribution in [3.8, 4) is 5.88 Å². The van der Waals surface area contributed by atoms with Crippen molar-refractivity contribution in [2.75, 3.05) is 7.11 Å². The van der Waals surface area contributed by atoms with E-state index in [9.17, 15) is 9.59 Å². The number of rotatable bonds is 7. The van der Waals surface area contributed by atoms with Gasteiger partial charge in [-0.15, -0.1) is 0 Å². The molecule has 5 nitrogen and oxygen atoms in total. The molecule has 0 aliphatic rings. The standard InChI is InChI=1S/C17H18N2O3/c1-22-17-14(8-5-11-18-17)12-19-16(21)10-9-15(20)13-6-3-2-4-7-13/h2-8,11H,9-10,12H2,1H3,(H,19,21). The lowest BCUT2D eigenvalue weighted by Gasteiger charge is -2.08. The molecule has 0 bridgehead atoms. The van der Waals surface area contributed by atoms with E-state index in [-0.39, 0.29) is 24.5 Å². The molecule has 2 aromatic rings. The van der Waals surface area contributed by atoms with Crippen LogP contribution in [0, 0.1) is 0 Å². The number of ketones is 1. The Morgan fingerprint density at radius 1 is 1.09 bits per heavy atom. The first-order valence-electron chi connectivity index (χ1n) is 7.03. The molecule has 0 fully saturated rings. The number of nitrogens with one attached hydrogen (secondary N) is 1. The van der Waals surface area contributed by atoms with Crippen molar-refractivity contribution < 1.29 is 14.3 Å². The largest absolute Gasteiger partial charge is 0.481 e. The lowest BCUT2D eigenvalue weighted by molar-refractivity contribution is -0.121. The molecule has 0 atom stereocenters. The molecule has 22 heavy (non-hydrogen) atoms. The minimum atomic E-state index is -0.171. The van der Waals surface area contributed by atoms with Gasteiger partial charge in [0.2, 0.25) is 11.8 Å². The molecule has 0 saturated heterocycles. The van der Waals surface area contributed by atoms with Crippen LogP contribution in [0.15, 0.2) is 48.7 Å². The van der Waals surface area contributed by atoms with Crippen LogP contribution in [0.2, 0.25) is 0 Å². The zero-order valence-electron chi connectivity index (χ0n) is 12.4. The van der Waals surface area contributed by atoms with E-state index in [4.69, 9.17) is 4.74 Å². The van der Waals surface area contributed by atoms with Gasteiger partial charge in [-0.05, 0) is 6.07 Å². The summed E-state index contributed by atoms with van der Waals surface area (Å²) in [7, 11) is 1.53. The van der Waals surface area contributed by atoms with E-state index in [0.717, 1.165) is 5.56 Å². The van der Waals surface area contributed by atoms with Gasteiger partial charge in [-0.1, -0.05) is 36.4 Å². The first kappa shape index (κ1) is 15.7. The molecule has 1 heterocycles. The van der Waals surface area contributed by atoms with E-state index in [1.54, 1.807) is 24.4 Å². The number of nitrogens with zero attached hydrogens (tertiary/aromatic N) is 1. The summed E-state index contributed by atoms with van der Waals surface area (Å²) in [6, 6.07) is 12.6. The molecule has 0 aliphatic carbocycles. The molecule has 0 radical (unpaired) electrons. The van der Waals surface area contributed by atoms with Crippen LogP contribution < -0.4 is 10.1 Å². The molecule has 2 rings (SSSR count). The monoisotopic (exact) mass is 298 g/mol. The van der Waals surface area contributed by atoms with Gasteiger partial charge in [0.05, 0.1) is 7.11 Å². The first-order valence-corrected chi connectivity index (χ1v) is 7.03. The second-order valence-corrected chi connectivity index (χ2v) is 4.74. The van der Waals surface area contributed by atoms with Crippen LogP contribution in [-0.4, -0.2) is 23.8 Å². The molecular formula is C17H18N2O3. The molecule has 0 unspecified atom stereocenters. The van der Waals surface area contributed by atoms with Gasteiger partial charge in [0.15, 0.2) is 5.78 Å². The highest BCUT2D eigenvalue weighted by atomic mass is 16.5. The van der Waals surface area contributed by atoms with Gasteiger partial charge in [0.1, 0.15) is 0 Å². The summed E-state index contributed by atoms with van der Waals surface area (Å²) in [5.74, 6) is 0.285. The third kappa shape index (κ3) is 4.41. The summed E-state index contributed by atoms with van der Waals surface area (Å²) in [6.07, 6.45) is 1.99. The molecule has 0 spiro atoms. The van der Waals surface area contributed by atoms with Gasteiger partial charge in [0.25, 0.3) is 0 Å². The summed E-state index contributed by atoms with van der Waals surface area (Å²) in [5.41, 5.74) is 1.43. The average Bonchev–Trinajstić information content (AvgIpc) is 2.58. The minimum Gasteiger partial charge on any atom is -0.481 e. The van der Waals surface area contributed by atoms with E-state index < -0.39 is 0 Å². The zero-order chi connectivity index (χ0) is 15.8. The maximum atomic E-state index is 11.9. The van der Waals surface area contributed by atoms with E-state index in [1.807, 2.05) is 24.3 Å². The molecule has 0 aliphatic heterocycles. The Balaban J connectivity index is 1.80. The predicted molar refractivity (Wildman–Crippen MR) is 82.6 cm³/mol. The Kier molecular flexibility index (Phi) is 5.65. The molecule has 1 amide bonds. The fourth-order valence-corrected chi connectivity index (χ4v) is 2.02. The van der Waals surface area contributed by atoms with Crippen LogP contribution in [-0.2, 0) is 11.3 Å². The van der Waals surface area contributed by atoms with Crippen molar-refractivity contribution in [2.45, 2.75) is 19.4 Å². The number of Topliss-reactive ketones (excluding diaryl/α,β-unsaturated/α-hetero) is 1. The quantitative estimate of drug-likeness (QED) is 0.797. The van der Waals surface area contributed by atoms with Crippen LogP contribution in [0.25, 0.3) is 0 Å². The predicted octanol–water partition coefficient (Wildman–Crippen LogP) is 2.37. The Morgan fingerprint density at radius 3 is 2.59 bits per heavy atom. The van der Waals surface area contributed by atoms with Crippen molar-refractivity contribution in [2.24, 2.45) is 0 Å². The van der Waals surface area contributed by atoms with Crippen molar-refractivity contribution in [1.29, 1.82) is 0 Å². The zero-order valence-corrected chi connectivity index (χ0v) is 12.4. The Hall–Kier alpha value is -2.69. The second kappa shape index (κ2) is 7.93. The van der Waals surface area contributed by atoms with Crippen molar-refractivity contribution in [3.05, 3.63) is 59.8 Å². The molecule has 1 aromatic heterocycles. The van der Waals surface area contributed by atoms with E-state index in [1.165, 1.54) is 7.11 Å². The van der Waals surface area contributed by atoms with Gasteiger partial charge in [-0.3, -0.25) is 9.59 Å². The first-order chi connectivity index (χ1) is 10.7. The lowest BCUT2D eigenvalue weighted by atomic mass is 10.1. The third-order valence-electron chi connectivity index (χ3n) is 3.19. The number of pyridine rings is 1. The van der Waals surface area contributed by atoms with Crippen LogP contribution in [0.5, 0.6) is 5.88 Å². The normalized spacial score (nSPS) is 10.0. The van der Waals surface area contributed by atoms with Crippen molar-refractivity contribution >= 4 is 11.7 Å². The highest BCUT2D eigenvalue weighted by molar-refractivity contribution is 5.97. The van der Waals surface area contributed by atoms with E-state index in [2.05, 4.69) is 10.3 Å². The molecule has 1 aromatic carbocycles. The van der Waals surface area contributed by atoms with Gasteiger partial charge >= 0.3 is 0 Å². The summed E-state index contributed by atoms with van der Waals surface area (Å²) in [4.78, 5) is 27.8. The molecule has 0 saturated carbocycles. The fraction of sp³-hybridized carbons (Fsp3) is 0.235. The van der Waals surface area contributed by atoms with Gasteiger partial charge in [0, 0.05) is 36.7 Å². The number of aromatic nitrogens is 1. The Bertz CT molecular complexity index is 641. The number of hydrogen-bond acceptors (Lipinski definition) is 4. The highest BCUT2D eigenvalue weighted by Gasteiger charge is 2.10. The van der Waals surface area contributed by atoms with Gasteiger partial charge in [-0.2, -0.15) is 0 Å². The minimum absolute atomic E-state index is 0.0327. The maximum Gasteiger partial charge on any atom is 0.220 e. The van der Waals surface area contributed by atoms with Gasteiger partial charge < -0.3 is 10.1 Å². The van der Waals surface area contributed by atoms with E-state index in [0.29, 0.717) is 18.0 Å². The van der Waals surface area contributed by atoms with E-state index >= 15 is 0 Å². The third-order valence-corrected chi connectivity index (χ3v) is 3.19. The Labute approximate surface area is 129 Å². The second-order valence-electron chi connectivity index (χ2n) is 4.74. The lowest BCUT2D eigenvalue weighted by Crippen LogP contribution is -2.23. The summed E-state index contributed by atoms with van der Waals surface area (Å²) in [5, 5.41) is 2.77. The summed E-state index contributed by atoms with van der Waals surface area (Å²) in [6.45, 7) is 0.329. The number of benzene rings is 1. The molecule has 1 N–H and O–H groups in total. The smallest absolute Gasteiger partial charge is 0.220 e. The van der Waals surface area contributed by atoms with Crippen molar-refractivity contribution in [3.63, 3.8) is 0 Å². The van der Waals surface area contributed by atoms with Crippen LogP contribution in [0.4, 0.5) is 0 Å². The number of methoxy groups -OCH3 is 1. The number of ether oxygens (including phenoxy) is 1. The highest BCUT2D eigenvalue weighted by Crippen LogP contribution is 2.13. The number of hydrogen-bond donors (Lipinski definition) is 1. The molecule has 114 valence electrons. The topological polar surface area (TPSA) is 68.3 Å². The SMILES string of the molecule is COc1ncccc1CNC(=O)CCC(=O)c1ccccc1. The molecule has 5 heteroatoms. The van der Waals surface area contributed by atoms with Crippen LogP contribution in [0.3, 0.4) is 0 Å². The van der Waals surface area contributed by atoms with Crippen LogP contribution in [0.1, 0.15) is 28.8 Å². The number of carbonyl (C=O) groups excluding carboxylic acids is 2. The maximum absolute atomic E-state index is 11.9. The fourth-order valence-electron chi connectivity index (χ4n) is 2.02. The summed E-state index contributed by atoms with van der Waals surface area (Å²) < 4.78 is 5.12. The van der Waals surface area contributed by atoms with Gasteiger partial charge in [-0.25, -0.2) is 4.98 Å². The van der Waals surface area contributed by atoms with Crippen molar-refractivity contribution in [1.82, 2.24) is 10.3 Å². The number of carbonyl (C=O) groups is 2.